The fourth-order valence-corrected chi connectivity index (χ4v) is 3.83. The number of hydrogen-bond acceptors (Lipinski definition) is 6. The summed E-state index contributed by atoms with van der Waals surface area (Å²) < 4.78 is 36.7. The molecule has 0 radical (unpaired) electrons. The maximum atomic E-state index is 14.6. The Morgan fingerprint density at radius 2 is 2.00 bits per heavy atom. The lowest BCUT2D eigenvalue weighted by Gasteiger charge is -2.34. The Morgan fingerprint density at radius 3 is 2.70 bits per heavy atom. The van der Waals surface area contributed by atoms with Gasteiger partial charge in [-0.3, -0.25) is 0 Å². The summed E-state index contributed by atoms with van der Waals surface area (Å²) in [5.41, 5.74) is -1.01. The number of hydrogen-bond donors (Lipinski definition) is 1. The van der Waals surface area contributed by atoms with Gasteiger partial charge in [0.15, 0.2) is 0 Å². The Kier molecular flexibility index (Phi) is 6.71. The van der Waals surface area contributed by atoms with Crippen molar-refractivity contribution >= 4 is 23.2 Å². The van der Waals surface area contributed by atoms with E-state index in [2.05, 4.69) is 20.4 Å². The molecule has 0 aliphatic carbocycles. The highest BCUT2D eigenvalue weighted by Gasteiger charge is 2.40. The predicted molar refractivity (Wildman–Crippen MR) is 116 cm³/mol. The van der Waals surface area contributed by atoms with Gasteiger partial charge in [-0.15, -0.1) is 5.10 Å². The third kappa shape index (κ3) is 5.03. The first-order chi connectivity index (χ1) is 15.8. The smallest absolute Gasteiger partial charge is 0.138 e. The van der Waals surface area contributed by atoms with Crippen LogP contribution in [0.15, 0.2) is 55.2 Å². The van der Waals surface area contributed by atoms with Gasteiger partial charge in [-0.1, -0.05) is 34.5 Å². The normalized spacial score (nSPS) is 14.2. The molecule has 8 nitrogen and oxygen atoms in total. The van der Waals surface area contributed by atoms with Gasteiger partial charge >= 0.3 is 0 Å². The van der Waals surface area contributed by atoms with Crippen molar-refractivity contribution in [3.63, 3.8) is 0 Å². The van der Waals surface area contributed by atoms with Crippen molar-refractivity contribution in [2.24, 2.45) is 0 Å². The van der Waals surface area contributed by atoms with Crippen LogP contribution in [0.25, 0.3) is 5.69 Å². The molecule has 0 bridgehead atoms. The largest absolute Gasteiger partial charge is 0.380 e. The number of ether oxygens (including phenoxy) is 1. The molecule has 4 rings (SSSR count). The SMILES string of the molecule is C[C@@H](OCc1cn(-c2ccc(Cl)cc2Cl)nn1)[C@](O)(Cn1cncn1)c1ccc(F)cc1F. The first kappa shape index (κ1) is 23.2. The standard InChI is InChI=1S/C21H18Cl2F2N6O2/c1-13(33-9-16-8-31(29-28-16)20-5-2-14(22)6-18(20)23)21(32,10-30-12-26-11-27-30)17-4-3-15(24)7-19(17)25/h2-8,11-13,32H,9-10H2,1H3/t13-,21-/m1/s1. The third-order valence-electron chi connectivity index (χ3n) is 5.12. The summed E-state index contributed by atoms with van der Waals surface area (Å²) >= 11 is 12.1. The zero-order chi connectivity index (χ0) is 23.6. The van der Waals surface area contributed by atoms with Gasteiger partial charge in [-0.05, 0) is 31.2 Å². The van der Waals surface area contributed by atoms with Gasteiger partial charge in [0.05, 0.1) is 36.2 Å². The highest BCUT2D eigenvalue weighted by atomic mass is 35.5. The molecule has 2 heterocycles. The molecule has 1 N–H and O–H groups in total. The molecule has 0 aliphatic rings. The molecule has 0 amide bonds. The molecule has 0 unspecified atom stereocenters. The molecule has 4 aromatic rings. The van der Waals surface area contributed by atoms with Gasteiger partial charge in [-0.25, -0.2) is 23.1 Å². The van der Waals surface area contributed by atoms with Crippen molar-refractivity contribution in [2.75, 3.05) is 0 Å². The lowest BCUT2D eigenvalue weighted by atomic mass is 9.88. The molecule has 2 aromatic heterocycles. The second-order valence-electron chi connectivity index (χ2n) is 7.34. The molecule has 0 saturated carbocycles. The molecule has 0 fully saturated rings. The van der Waals surface area contributed by atoms with Gasteiger partial charge in [0.2, 0.25) is 0 Å². The lowest BCUT2D eigenvalue weighted by molar-refractivity contribution is -0.124. The maximum Gasteiger partial charge on any atom is 0.138 e. The lowest BCUT2D eigenvalue weighted by Crippen LogP contribution is -2.44. The van der Waals surface area contributed by atoms with E-state index in [1.165, 1.54) is 28.1 Å². The second-order valence-corrected chi connectivity index (χ2v) is 8.19. The van der Waals surface area contributed by atoms with E-state index in [4.69, 9.17) is 27.9 Å². The quantitative estimate of drug-likeness (QED) is 0.399. The number of nitrogens with zero attached hydrogens (tertiary/aromatic N) is 6. The summed E-state index contributed by atoms with van der Waals surface area (Å²) in [6.07, 6.45) is 3.32. The zero-order valence-corrected chi connectivity index (χ0v) is 18.8. The van der Waals surface area contributed by atoms with Gasteiger partial charge in [0.1, 0.15) is 35.6 Å². The fourth-order valence-electron chi connectivity index (χ4n) is 3.33. The summed E-state index contributed by atoms with van der Waals surface area (Å²) in [6, 6.07) is 7.90. The van der Waals surface area contributed by atoms with Crippen molar-refractivity contribution in [3.05, 3.63) is 88.2 Å². The van der Waals surface area contributed by atoms with Crippen LogP contribution < -0.4 is 0 Å². The molecule has 0 saturated heterocycles. The minimum Gasteiger partial charge on any atom is -0.380 e. The minimum atomic E-state index is -1.89. The molecule has 33 heavy (non-hydrogen) atoms. The van der Waals surface area contributed by atoms with E-state index in [9.17, 15) is 13.9 Å². The molecular weight excluding hydrogens is 477 g/mol. The van der Waals surface area contributed by atoms with Crippen LogP contribution >= 0.6 is 23.2 Å². The van der Waals surface area contributed by atoms with Crippen molar-refractivity contribution < 1.29 is 18.6 Å². The molecule has 172 valence electrons. The number of aliphatic hydroxyl groups is 1. The second kappa shape index (κ2) is 9.52. The molecule has 12 heteroatoms. The van der Waals surface area contributed by atoms with Crippen LogP contribution in [0.2, 0.25) is 10.0 Å². The van der Waals surface area contributed by atoms with Crippen LogP contribution in [-0.4, -0.2) is 41.0 Å². The minimum absolute atomic E-state index is 0.0468. The van der Waals surface area contributed by atoms with E-state index in [0.717, 1.165) is 6.07 Å². The van der Waals surface area contributed by atoms with Crippen LogP contribution in [0, 0.1) is 11.6 Å². The molecule has 0 aliphatic heterocycles. The van der Waals surface area contributed by atoms with E-state index in [-0.39, 0.29) is 18.7 Å². The van der Waals surface area contributed by atoms with Crippen LogP contribution in [0.3, 0.4) is 0 Å². The number of halogens is 4. The Morgan fingerprint density at radius 1 is 1.18 bits per heavy atom. The number of benzene rings is 2. The van der Waals surface area contributed by atoms with E-state index in [1.807, 2.05) is 0 Å². The number of rotatable bonds is 8. The topological polar surface area (TPSA) is 90.9 Å². The van der Waals surface area contributed by atoms with Crippen molar-refractivity contribution in [2.45, 2.75) is 31.8 Å². The Hall–Kier alpha value is -2.92. The zero-order valence-electron chi connectivity index (χ0n) is 17.2. The molecule has 2 aromatic carbocycles. The average Bonchev–Trinajstić information content (AvgIpc) is 3.44. The highest BCUT2D eigenvalue weighted by molar-refractivity contribution is 6.35. The van der Waals surface area contributed by atoms with E-state index in [1.54, 1.807) is 31.3 Å². The average molecular weight is 495 g/mol. The van der Waals surface area contributed by atoms with Gasteiger partial charge in [-0.2, -0.15) is 5.10 Å². The maximum absolute atomic E-state index is 14.6. The summed E-state index contributed by atoms with van der Waals surface area (Å²) in [7, 11) is 0. The van der Waals surface area contributed by atoms with Crippen LogP contribution in [-0.2, 0) is 23.5 Å². The van der Waals surface area contributed by atoms with Gasteiger partial charge in [0.25, 0.3) is 0 Å². The van der Waals surface area contributed by atoms with E-state index >= 15 is 0 Å². The molecule has 2 atom stereocenters. The fraction of sp³-hybridized carbons (Fsp3) is 0.238. The molecular formula is C21H18Cl2F2N6O2. The summed E-state index contributed by atoms with van der Waals surface area (Å²) in [5, 5.41) is 24.4. The van der Waals surface area contributed by atoms with Crippen molar-refractivity contribution in [1.29, 1.82) is 0 Å². The van der Waals surface area contributed by atoms with Gasteiger partial charge in [0, 0.05) is 16.7 Å². The third-order valence-corrected chi connectivity index (χ3v) is 5.66. The number of aromatic nitrogens is 6. The Balaban J connectivity index is 1.55. The molecule has 0 spiro atoms. The van der Waals surface area contributed by atoms with Gasteiger partial charge < -0.3 is 9.84 Å². The van der Waals surface area contributed by atoms with Crippen LogP contribution in [0.1, 0.15) is 18.2 Å². The first-order valence-corrected chi connectivity index (χ1v) is 10.5. The highest BCUT2D eigenvalue weighted by Crippen LogP contribution is 2.32. The van der Waals surface area contributed by atoms with E-state index < -0.39 is 23.3 Å². The summed E-state index contributed by atoms with van der Waals surface area (Å²) in [6.45, 7) is 1.35. The van der Waals surface area contributed by atoms with Crippen LogP contribution in [0.5, 0.6) is 0 Å². The Labute approximate surface area is 197 Å². The van der Waals surface area contributed by atoms with Crippen LogP contribution in [0.4, 0.5) is 8.78 Å². The summed E-state index contributed by atoms with van der Waals surface area (Å²) in [4.78, 5) is 3.84. The van der Waals surface area contributed by atoms with E-state index in [0.29, 0.717) is 27.5 Å². The monoisotopic (exact) mass is 494 g/mol. The Bertz CT molecular complexity index is 1250. The predicted octanol–water partition coefficient (Wildman–Crippen LogP) is 3.94. The van der Waals surface area contributed by atoms with Crippen molar-refractivity contribution in [1.82, 2.24) is 29.8 Å². The first-order valence-electron chi connectivity index (χ1n) is 9.75. The summed E-state index contributed by atoms with van der Waals surface area (Å²) in [5.74, 6) is -1.67. The van der Waals surface area contributed by atoms with Crippen molar-refractivity contribution in [3.8, 4) is 5.69 Å².